The molecular weight excluding hydrogens is 384 g/mol. The number of halogens is 1. The Balaban J connectivity index is 1.68. The largest absolute Gasteiger partial charge is 0.346 e. The van der Waals surface area contributed by atoms with E-state index >= 15 is 0 Å². The predicted octanol–water partition coefficient (Wildman–Crippen LogP) is 3.30. The average Bonchev–Trinajstić information content (AvgIpc) is 3.11. The molecule has 0 aliphatic carbocycles. The Kier molecular flexibility index (Phi) is 6.09. The van der Waals surface area contributed by atoms with Crippen molar-refractivity contribution in [2.75, 3.05) is 19.6 Å². The van der Waals surface area contributed by atoms with Crippen LogP contribution in [0.1, 0.15) is 41.0 Å². The van der Waals surface area contributed by atoms with Gasteiger partial charge < -0.3 is 10.2 Å². The summed E-state index contributed by atoms with van der Waals surface area (Å²) in [6.07, 6.45) is 2.55. The lowest BCUT2D eigenvalue weighted by atomic mass is 9.97. The molecule has 0 spiro atoms. The Morgan fingerprint density at radius 3 is 2.71 bits per heavy atom. The van der Waals surface area contributed by atoms with Crippen LogP contribution in [0.15, 0.2) is 46.3 Å². The summed E-state index contributed by atoms with van der Waals surface area (Å²) in [4.78, 5) is 15.5. The molecule has 1 aliphatic heterocycles. The number of likely N-dealkylation sites (tertiary alicyclic amines) is 1. The monoisotopic (exact) mass is 407 g/mol. The highest BCUT2D eigenvalue weighted by atomic mass is 79.9. The van der Waals surface area contributed by atoms with Crippen molar-refractivity contribution in [1.82, 2.24) is 5.32 Å². The van der Waals surface area contributed by atoms with E-state index in [4.69, 9.17) is 0 Å². The van der Waals surface area contributed by atoms with E-state index < -0.39 is 0 Å². The zero-order chi connectivity index (χ0) is 16.9. The van der Waals surface area contributed by atoms with Gasteiger partial charge in [-0.3, -0.25) is 4.79 Å². The van der Waals surface area contributed by atoms with Gasteiger partial charge in [0.15, 0.2) is 0 Å². The Bertz CT molecular complexity index is 666. The number of hydrogen-bond acceptors (Lipinski definition) is 2. The Morgan fingerprint density at radius 2 is 2.04 bits per heavy atom. The van der Waals surface area contributed by atoms with Crippen molar-refractivity contribution in [2.45, 2.75) is 25.8 Å². The van der Waals surface area contributed by atoms with Gasteiger partial charge >= 0.3 is 0 Å². The standard InChI is InChI=1S/C19H23BrN2OS/c1-14-8-10-22(11-9-14)17(18-7-4-12-24-18)13-21-19(23)15-5-2-3-6-16(15)20/h2-7,12,14,17H,8-11,13H2,1H3,(H,21,23)/p+1/t17-/m1/s1. The van der Waals surface area contributed by atoms with Crippen LogP contribution in [-0.2, 0) is 0 Å². The molecule has 1 aromatic heterocycles. The van der Waals surface area contributed by atoms with Gasteiger partial charge in [-0.05, 0) is 58.3 Å². The maximum Gasteiger partial charge on any atom is 0.252 e. The molecule has 1 saturated heterocycles. The minimum absolute atomic E-state index is 0.00573. The Morgan fingerprint density at radius 1 is 1.29 bits per heavy atom. The Labute approximate surface area is 156 Å². The van der Waals surface area contributed by atoms with E-state index in [2.05, 4.69) is 45.7 Å². The van der Waals surface area contributed by atoms with Crippen LogP contribution in [0.4, 0.5) is 0 Å². The van der Waals surface area contributed by atoms with E-state index in [9.17, 15) is 4.79 Å². The summed E-state index contributed by atoms with van der Waals surface area (Å²) in [6.45, 7) is 5.40. The van der Waals surface area contributed by atoms with Crippen molar-refractivity contribution in [1.29, 1.82) is 0 Å². The fourth-order valence-electron chi connectivity index (χ4n) is 3.35. The van der Waals surface area contributed by atoms with Crippen LogP contribution in [0.25, 0.3) is 0 Å². The van der Waals surface area contributed by atoms with Gasteiger partial charge in [-0.2, -0.15) is 0 Å². The number of carbonyl (C=O) groups is 1. The third-order valence-corrected chi connectivity index (χ3v) is 6.56. The summed E-state index contributed by atoms with van der Waals surface area (Å²) >= 11 is 5.26. The van der Waals surface area contributed by atoms with Crippen molar-refractivity contribution in [3.8, 4) is 0 Å². The number of thiophene rings is 1. The fraction of sp³-hybridized carbons (Fsp3) is 0.421. The summed E-state index contributed by atoms with van der Waals surface area (Å²) < 4.78 is 0.842. The lowest BCUT2D eigenvalue weighted by Gasteiger charge is -2.33. The highest BCUT2D eigenvalue weighted by Gasteiger charge is 2.29. The molecule has 2 aromatic rings. The number of nitrogens with one attached hydrogen (secondary N) is 2. The van der Waals surface area contributed by atoms with E-state index in [1.54, 1.807) is 16.2 Å². The highest BCUT2D eigenvalue weighted by Crippen LogP contribution is 2.19. The molecule has 1 amide bonds. The van der Waals surface area contributed by atoms with Crippen molar-refractivity contribution in [3.63, 3.8) is 0 Å². The molecule has 2 N–H and O–H groups in total. The third kappa shape index (κ3) is 4.26. The molecule has 5 heteroatoms. The normalized spacial score (nSPS) is 22.1. The first-order valence-electron chi connectivity index (χ1n) is 8.56. The molecule has 0 unspecified atom stereocenters. The van der Waals surface area contributed by atoms with Crippen LogP contribution < -0.4 is 10.2 Å². The van der Waals surface area contributed by atoms with Crippen LogP contribution in [0.5, 0.6) is 0 Å². The number of quaternary nitrogens is 1. The smallest absolute Gasteiger partial charge is 0.252 e. The molecule has 1 aliphatic rings. The quantitative estimate of drug-likeness (QED) is 0.782. The zero-order valence-corrected chi connectivity index (χ0v) is 16.3. The first-order valence-corrected chi connectivity index (χ1v) is 10.2. The van der Waals surface area contributed by atoms with Gasteiger partial charge in [-0.15, -0.1) is 11.3 Å². The second-order valence-corrected chi connectivity index (χ2v) is 8.43. The summed E-state index contributed by atoms with van der Waals surface area (Å²) in [5.74, 6) is 0.821. The molecule has 3 rings (SSSR count). The minimum Gasteiger partial charge on any atom is -0.346 e. The summed E-state index contributed by atoms with van der Waals surface area (Å²) in [5.41, 5.74) is 0.699. The molecule has 2 heterocycles. The first-order chi connectivity index (χ1) is 11.6. The summed E-state index contributed by atoms with van der Waals surface area (Å²) in [7, 11) is 0. The molecule has 0 radical (unpaired) electrons. The van der Waals surface area contributed by atoms with Gasteiger partial charge in [0, 0.05) is 4.47 Å². The SMILES string of the molecule is CC1CC[NH+]([C@H](CNC(=O)c2ccccc2Br)c2cccs2)CC1. The number of benzene rings is 1. The fourth-order valence-corrected chi connectivity index (χ4v) is 4.70. The van der Waals surface area contributed by atoms with Gasteiger partial charge in [0.25, 0.3) is 5.91 Å². The molecule has 3 nitrogen and oxygen atoms in total. The minimum atomic E-state index is -0.00573. The van der Waals surface area contributed by atoms with Gasteiger partial charge in [0.2, 0.25) is 0 Å². The van der Waals surface area contributed by atoms with Gasteiger partial charge in [-0.1, -0.05) is 25.1 Å². The van der Waals surface area contributed by atoms with Gasteiger partial charge in [0.05, 0.1) is 30.1 Å². The van der Waals surface area contributed by atoms with Crippen molar-refractivity contribution >= 4 is 33.2 Å². The third-order valence-electron chi connectivity index (χ3n) is 4.88. The van der Waals surface area contributed by atoms with Crippen LogP contribution in [0, 0.1) is 5.92 Å². The molecule has 1 atom stereocenters. The maximum absolute atomic E-state index is 12.5. The lowest BCUT2D eigenvalue weighted by Crippen LogP contribution is -3.14. The number of rotatable bonds is 5. The molecule has 1 fully saturated rings. The van der Waals surface area contributed by atoms with E-state index in [1.165, 1.54) is 30.8 Å². The molecule has 128 valence electrons. The first kappa shape index (κ1) is 17.6. The number of hydrogen-bond donors (Lipinski definition) is 2. The zero-order valence-electron chi connectivity index (χ0n) is 13.9. The van der Waals surface area contributed by atoms with Crippen LogP contribution in [0.2, 0.25) is 0 Å². The van der Waals surface area contributed by atoms with Crippen molar-refractivity contribution < 1.29 is 9.69 Å². The number of carbonyl (C=O) groups excluding carboxylic acids is 1. The van der Waals surface area contributed by atoms with Gasteiger partial charge in [-0.25, -0.2) is 0 Å². The lowest BCUT2D eigenvalue weighted by molar-refractivity contribution is -0.935. The molecule has 0 bridgehead atoms. The second kappa shape index (κ2) is 8.28. The second-order valence-electron chi connectivity index (χ2n) is 6.60. The van der Waals surface area contributed by atoms with E-state index in [-0.39, 0.29) is 5.91 Å². The maximum atomic E-state index is 12.5. The predicted molar refractivity (Wildman–Crippen MR) is 103 cm³/mol. The molecule has 1 aromatic carbocycles. The van der Waals surface area contributed by atoms with Crippen molar-refractivity contribution in [2.24, 2.45) is 5.92 Å². The van der Waals surface area contributed by atoms with Crippen molar-refractivity contribution in [3.05, 3.63) is 56.7 Å². The molecule has 0 saturated carbocycles. The topological polar surface area (TPSA) is 33.5 Å². The summed E-state index contributed by atoms with van der Waals surface area (Å²) in [6, 6.07) is 12.2. The van der Waals surface area contributed by atoms with Crippen LogP contribution in [0.3, 0.4) is 0 Å². The Hall–Kier alpha value is -1.17. The molecule has 24 heavy (non-hydrogen) atoms. The van der Waals surface area contributed by atoms with E-state index in [1.807, 2.05) is 24.3 Å². The van der Waals surface area contributed by atoms with Gasteiger partial charge in [0.1, 0.15) is 6.04 Å². The van der Waals surface area contributed by atoms with Crippen LogP contribution in [-0.4, -0.2) is 25.5 Å². The highest BCUT2D eigenvalue weighted by molar-refractivity contribution is 9.10. The van der Waals surface area contributed by atoms with E-state index in [0.717, 1.165) is 10.4 Å². The summed E-state index contributed by atoms with van der Waals surface area (Å²) in [5, 5.41) is 5.28. The molecular formula is C19H24BrN2OS+. The van der Waals surface area contributed by atoms with E-state index in [0.29, 0.717) is 18.2 Å². The number of amides is 1. The van der Waals surface area contributed by atoms with Crippen LogP contribution >= 0.6 is 27.3 Å². The number of piperidine rings is 1. The average molecular weight is 408 g/mol.